The number of para-hydroxylation sites is 1. The van der Waals surface area contributed by atoms with Crippen molar-refractivity contribution in [1.29, 1.82) is 0 Å². The largest absolute Gasteiger partial charge is 0.455 e. The molecule has 3 aromatic heterocycles. The number of hydrogen-bond donors (Lipinski definition) is 2. The molecule has 5 rings (SSSR count). The molecule has 2 N–H and O–H groups in total. The molecular weight excluding hydrogens is 471 g/mol. The lowest BCUT2D eigenvalue weighted by Gasteiger charge is -2.09. The SMILES string of the molecule is Cc1cc(C)c([N+](=O)[O-])cc1-c1ccc(/C=N\Nc2nc3nonc3nc2Nc2ccccc2F)o1. The van der Waals surface area contributed by atoms with Crippen molar-refractivity contribution in [2.75, 3.05) is 10.7 Å². The number of nitrogens with zero attached hydrogens (tertiary/aromatic N) is 6. The van der Waals surface area contributed by atoms with Crippen molar-refractivity contribution in [1.82, 2.24) is 20.3 Å². The van der Waals surface area contributed by atoms with Gasteiger partial charge >= 0.3 is 0 Å². The number of rotatable bonds is 7. The highest BCUT2D eigenvalue weighted by atomic mass is 19.1. The first-order valence-corrected chi connectivity index (χ1v) is 10.6. The summed E-state index contributed by atoms with van der Waals surface area (Å²) in [4.78, 5) is 19.4. The zero-order valence-electron chi connectivity index (χ0n) is 18.9. The number of nitro benzene ring substituents is 1. The van der Waals surface area contributed by atoms with Crippen molar-refractivity contribution in [3.63, 3.8) is 0 Å². The normalized spacial score (nSPS) is 11.3. The molecule has 3 heterocycles. The number of aromatic nitrogens is 4. The number of aryl methyl sites for hydroxylation is 2. The van der Waals surface area contributed by atoms with Gasteiger partial charge in [-0.3, -0.25) is 15.5 Å². The van der Waals surface area contributed by atoms with Crippen molar-refractivity contribution in [2.45, 2.75) is 13.8 Å². The van der Waals surface area contributed by atoms with E-state index in [2.05, 4.69) is 40.8 Å². The fourth-order valence-electron chi connectivity index (χ4n) is 3.52. The molecule has 0 unspecified atom stereocenters. The van der Waals surface area contributed by atoms with Gasteiger partial charge in [0.2, 0.25) is 11.3 Å². The average Bonchev–Trinajstić information content (AvgIpc) is 3.50. The standard InChI is InChI=1S/C23H17FN8O4/c1-12-9-13(2)18(32(33)34)10-15(12)19-8-7-14(35-19)11-25-29-21-20(26-17-6-4-3-5-16(17)24)27-22-23(28-21)31-36-30-22/h3-11H,1-2H3,(H,26,27,30)(H,28,29,31)/b25-11-. The number of furan rings is 1. The van der Waals surface area contributed by atoms with Crippen LogP contribution in [0, 0.1) is 29.8 Å². The molecule has 36 heavy (non-hydrogen) atoms. The zero-order chi connectivity index (χ0) is 25.2. The van der Waals surface area contributed by atoms with E-state index in [1.54, 1.807) is 37.3 Å². The monoisotopic (exact) mass is 488 g/mol. The molecule has 0 aliphatic carbocycles. The van der Waals surface area contributed by atoms with E-state index in [-0.39, 0.29) is 34.3 Å². The van der Waals surface area contributed by atoms with E-state index in [9.17, 15) is 14.5 Å². The van der Waals surface area contributed by atoms with E-state index in [4.69, 9.17) is 4.42 Å². The van der Waals surface area contributed by atoms with Crippen LogP contribution in [0.1, 0.15) is 16.9 Å². The summed E-state index contributed by atoms with van der Waals surface area (Å²) in [7, 11) is 0. The summed E-state index contributed by atoms with van der Waals surface area (Å²) >= 11 is 0. The Labute approximate surface area is 202 Å². The molecule has 0 fully saturated rings. The van der Waals surface area contributed by atoms with Gasteiger partial charge in [0, 0.05) is 17.2 Å². The van der Waals surface area contributed by atoms with Gasteiger partial charge in [-0.15, -0.1) is 0 Å². The van der Waals surface area contributed by atoms with E-state index < -0.39 is 10.7 Å². The molecule has 13 heteroatoms. The third-order valence-electron chi connectivity index (χ3n) is 5.24. The molecule has 0 radical (unpaired) electrons. The smallest absolute Gasteiger partial charge is 0.273 e. The van der Waals surface area contributed by atoms with Gasteiger partial charge in [0.15, 0.2) is 11.6 Å². The average molecular weight is 488 g/mol. The summed E-state index contributed by atoms with van der Waals surface area (Å²) in [6, 6.07) is 12.7. The number of hydrogen-bond acceptors (Lipinski definition) is 11. The second-order valence-electron chi connectivity index (χ2n) is 7.72. The molecule has 0 bridgehead atoms. The minimum Gasteiger partial charge on any atom is -0.455 e. The Kier molecular flexibility index (Phi) is 5.78. The van der Waals surface area contributed by atoms with Crippen LogP contribution in [0.15, 0.2) is 62.7 Å². The van der Waals surface area contributed by atoms with Crippen LogP contribution in [0.2, 0.25) is 0 Å². The van der Waals surface area contributed by atoms with Crippen LogP contribution >= 0.6 is 0 Å². The van der Waals surface area contributed by atoms with Crippen molar-refractivity contribution in [3.05, 3.63) is 81.3 Å². The Balaban J connectivity index is 1.40. The van der Waals surface area contributed by atoms with Gasteiger partial charge in [-0.25, -0.2) is 14.0 Å². The fraction of sp³-hybridized carbons (Fsp3) is 0.0870. The van der Waals surface area contributed by atoms with Gasteiger partial charge in [0.1, 0.15) is 17.3 Å². The Morgan fingerprint density at radius 1 is 1.03 bits per heavy atom. The summed E-state index contributed by atoms with van der Waals surface area (Å²) in [6.07, 6.45) is 1.39. The third kappa shape index (κ3) is 4.44. The zero-order valence-corrected chi connectivity index (χ0v) is 18.9. The first kappa shape index (κ1) is 22.6. The molecule has 2 aromatic carbocycles. The van der Waals surface area contributed by atoms with E-state index in [0.717, 1.165) is 5.56 Å². The van der Waals surface area contributed by atoms with Crippen LogP contribution in [-0.4, -0.2) is 31.4 Å². The number of fused-ring (bicyclic) bond motifs is 1. The van der Waals surface area contributed by atoms with Gasteiger partial charge in [-0.05, 0) is 60.1 Å². The molecule has 0 spiro atoms. The number of benzene rings is 2. The quantitative estimate of drug-likeness (QED) is 0.179. The minimum atomic E-state index is -0.484. The lowest BCUT2D eigenvalue weighted by Crippen LogP contribution is -2.04. The summed E-state index contributed by atoms with van der Waals surface area (Å²) in [5.41, 5.74) is 5.17. The van der Waals surface area contributed by atoms with Gasteiger partial charge < -0.3 is 9.73 Å². The molecule has 5 aromatic rings. The van der Waals surface area contributed by atoms with Crippen LogP contribution in [0.25, 0.3) is 22.6 Å². The number of nitro groups is 1. The molecule has 180 valence electrons. The Hall–Kier alpha value is -5.20. The summed E-state index contributed by atoms with van der Waals surface area (Å²) in [6.45, 7) is 3.53. The second-order valence-corrected chi connectivity index (χ2v) is 7.72. The highest BCUT2D eigenvalue weighted by molar-refractivity contribution is 5.80. The number of hydrazone groups is 1. The molecule has 0 saturated carbocycles. The Bertz CT molecular complexity index is 1630. The van der Waals surface area contributed by atoms with Crippen LogP contribution < -0.4 is 10.7 Å². The molecule has 0 amide bonds. The predicted molar refractivity (Wildman–Crippen MR) is 129 cm³/mol. The van der Waals surface area contributed by atoms with E-state index in [0.29, 0.717) is 22.6 Å². The molecular formula is C23H17FN8O4. The van der Waals surface area contributed by atoms with Crippen molar-refractivity contribution in [2.24, 2.45) is 5.10 Å². The Morgan fingerprint density at radius 3 is 2.53 bits per heavy atom. The maximum absolute atomic E-state index is 14.1. The first-order valence-electron chi connectivity index (χ1n) is 10.6. The maximum Gasteiger partial charge on any atom is 0.273 e. The lowest BCUT2D eigenvalue weighted by molar-refractivity contribution is -0.385. The van der Waals surface area contributed by atoms with Crippen LogP contribution in [0.5, 0.6) is 0 Å². The van der Waals surface area contributed by atoms with E-state index >= 15 is 0 Å². The van der Waals surface area contributed by atoms with Crippen LogP contribution in [0.4, 0.5) is 27.4 Å². The van der Waals surface area contributed by atoms with Gasteiger partial charge in [0.05, 0.1) is 16.8 Å². The fourth-order valence-corrected chi connectivity index (χ4v) is 3.52. The number of halogens is 1. The highest BCUT2D eigenvalue weighted by Crippen LogP contribution is 2.31. The summed E-state index contributed by atoms with van der Waals surface area (Å²) in [5, 5.41) is 25.6. The number of anilines is 3. The van der Waals surface area contributed by atoms with Crippen molar-refractivity contribution >= 4 is 40.5 Å². The topological polar surface area (TPSA) is 157 Å². The third-order valence-corrected chi connectivity index (χ3v) is 5.24. The number of nitrogens with one attached hydrogen (secondary N) is 2. The first-order chi connectivity index (χ1) is 17.4. The molecule has 0 aliphatic heterocycles. The van der Waals surface area contributed by atoms with Crippen molar-refractivity contribution in [3.8, 4) is 11.3 Å². The Morgan fingerprint density at radius 2 is 1.78 bits per heavy atom. The van der Waals surface area contributed by atoms with Gasteiger partial charge in [-0.2, -0.15) is 10.1 Å². The van der Waals surface area contributed by atoms with Gasteiger partial charge in [0.25, 0.3) is 5.69 Å². The lowest BCUT2D eigenvalue weighted by atomic mass is 10.0. The van der Waals surface area contributed by atoms with E-state index in [1.807, 2.05) is 6.92 Å². The molecule has 0 atom stereocenters. The minimum absolute atomic E-state index is 0.00933. The maximum atomic E-state index is 14.1. The molecule has 12 nitrogen and oxygen atoms in total. The summed E-state index contributed by atoms with van der Waals surface area (Å²) in [5.74, 6) is 0.620. The predicted octanol–water partition coefficient (Wildman–Crippen LogP) is 5.13. The molecule has 0 saturated heterocycles. The van der Waals surface area contributed by atoms with Gasteiger partial charge in [-0.1, -0.05) is 12.1 Å². The molecule has 0 aliphatic rings. The van der Waals surface area contributed by atoms with Crippen LogP contribution in [0.3, 0.4) is 0 Å². The highest BCUT2D eigenvalue weighted by Gasteiger charge is 2.17. The van der Waals surface area contributed by atoms with E-state index in [1.165, 1.54) is 24.4 Å². The summed E-state index contributed by atoms with van der Waals surface area (Å²) < 4.78 is 24.6. The van der Waals surface area contributed by atoms with Crippen LogP contribution in [-0.2, 0) is 0 Å². The van der Waals surface area contributed by atoms with Crippen molar-refractivity contribution < 1.29 is 18.4 Å². The second kappa shape index (κ2) is 9.21.